The first-order chi connectivity index (χ1) is 7.41. The molecular formula is C10H6KO5S. The standard InChI is InChI=1S/C10H6O5S.K/c11-8-5-9(16(13,14)15)6-3-1-2-4-7(6)10(8)12;/h1-5H,(H,13,14,15);. The molecule has 0 saturated carbocycles. The summed E-state index contributed by atoms with van der Waals surface area (Å²) >= 11 is 0. The Bertz CT molecular complexity index is 630. The average Bonchev–Trinajstić information content (AvgIpc) is 2.22. The van der Waals surface area contributed by atoms with Crippen molar-refractivity contribution in [1.29, 1.82) is 0 Å². The van der Waals surface area contributed by atoms with Gasteiger partial charge in [-0.15, -0.1) is 0 Å². The Morgan fingerprint density at radius 1 is 1.00 bits per heavy atom. The normalized spacial score (nSPS) is 14.8. The molecule has 1 aliphatic carbocycles. The molecule has 0 atom stereocenters. The molecule has 2 rings (SSSR count). The Morgan fingerprint density at radius 3 is 2.06 bits per heavy atom. The van der Waals surface area contributed by atoms with Crippen LogP contribution >= 0.6 is 0 Å². The zero-order valence-electron chi connectivity index (χ0n) is 8.88. The number of allylic oxidation sites excluding steroid dienone is 1. The van der Waals surface area contributed by atoms with E-state index >= 15 is 0 Å². The Balaban J connectivity index is 0.00000144. The fourth-order valence-corrected chi connectivity index (χ4v) is 2.22. The van der Waals surface area contributed by atoms with Gasteiger partial charge < -0.3 is 0 Å². The van der Waals surface area contributed by atoms with Crippen LogP contribution in [-0.2, 0) is 14.9 Å². The van der Waals surface area contributed by atoms with Crippen molar-refractivity contribution in [3.05, 3.63) is 41.5 Å². The Morgan fingerprint density at radius 2 is 1.53 bits per heavy atom. The van der Waals surface area contributed by atoms with Crippen molar-refractivity contribution >= 4 is 78.0 Å². The molecule has 0 aliphatic heterocycles. The van der Waals surface area contributed by atoms with Crippen LogP contribution in [0.2, 0.25) is 0 Å². The van der Waals surface area contributed by atoms with E-state index in [4.69, 9.17) is 4.55 Å². The number of hydrogen-bond donors (Lipinski definition) is 1. The number of rotatable bonds is 1. The van der Waals surface area contributed by atoms with Crippen molar-refractivity contribution in [3.63, 3.8) is 0 Å². The van der Waals surface area contributed by atoms with E-state index in [2.05, 4.69) is 0 Å². The van der Waals surface area contributed by atoms with Gasteiger partial charge in [-0.05, 0) is 0 Å². The molecule has 0 saturated heterocycles. The van der Waals surface area contributed by atoms with Gasteiger partial charge in [0, 0.05) is 68.6 Å². The van der Waals surface area contributed by atoms with Crippen molar-refractivity contribution in [1.82, 2.24) is 0 Å². The molecule has 1 aliphatic rings. The maximum absolute atomic E-state index is 11.4. The van der Waals surface area contributed by atoms with Crippen molar-refractivity contribution < 1.29 is 22.6 Å². The number of carbonyl (C=O) groups excluding carboxylic acids is 2. The second kappa shape index (κ2) is 5.23. The van der Waals surface area contributed by atoms with Gasteiger partial charge in [0.25, 0.3) is 10.1 Å². The molecule has 83 valence electrons. The van der Waals surface area contributed by atoms with E-state index in [9.17, 15) is 18.0 Å². The van der Waals surface area contributed by atoms with Crippen molar-refractivity contribution in [2.24, 2.45) is 0 Å². The monoisotopic (exact) mass is 277 g/mol. The van der Waals surface area contributed by atoms with Gasteiger partial charge in [-0.1, -0.05) is 24.3 Å². The number of fused-ring (bicyclic) bond motifs is 1. The first-order valence-corrected chi connectivity index (χ1v) is 5.72. The number of benzene rings is 1. The molecule has 0 bridgehead atoms. The predicted octanol–water partition coefficient (Wildman–Crippen LogP) is 0.300. The van der Waals surface area contributed by atoms with Crippen LogP contribution in [0.3, 0.4) is 0 Å². The maximum atomic E-state index is 11.4. The Kier molecular flexibility index (Phi) is 4.58. The Labute approximate surface area is 140 Å². The van der Waals surface area contributed by atoms with Gasteiger partial charge in [0.05, 0.1) is 0 Å². The van der Waals surface area contributed by atoms with Gasteiger partial charge >= 0.3 is 0 Å². The van der Waals surface area contributed by atoms with Gasteiger partial charge in [0.1, 0.15) is 4.91 Å². The molecule has 5 nitrogen and oxygen atoms in total. The smallest absolute Gasteiger partial charge is 0.286 e. The fraction of sp³-hybridized carbons (Fsp3) is 0. The van der Waals surface area contributed by atoms with Crippen LogP contribution in [-0.4, -0.2) is 75.9 Å². The molecule has 0 amide bonds. The summed E-state index contributed by atoms with van der Waals surface area (Å²) in [4.78, 5) is 22.1. The summed E-state index contributed by atoms with van der Waals surface area (Å²) in [5, 5.41) is 0. The summed E-state index contributed by atoms with van der Waals surface area (Å²) in [6.45, 7) is 0. The number of Topliss-reactive ketones (excluding diaryl/α,β-unsaturated/α-hetero) is 1. The van der Waals surface area contributed by atoms with Crippen LogP contribution in [0.15, 0.2) is 30.3 Å². The van der Waals surface area contributed by atoms with Gasteiger partial charge in [0.2, 0.25) is 11.6 Å². The van der Waals surface area contributed by atoms with Gasteiger partial charge in [-0.25, -0.2) is 0 Å². The van der Waals surface area contributed by atoms with E-state index in [0.29, 0.717) is 6.08 Å². The van der Waals surface area contributed by atoms with E-state index in [1.807, 2.05) is 0 Å². The first kappa shape index (κ1) is 14.9. The molecule has 0 heterocycles. The summed E-state index contributed by atoms with van der Waals surface area (Å²) in [7, 11) is -4.51. The molecule has 0 aromatic heterocycles. The molecule has 0 unspecified atom stereocenters. The Hall–Kier alpha value is -0.154. The SMILES string of the molecule is O=C1C=C(S(=O)(=O)O)c2ccccc2C1=O.[K]. The molecule has 1 aromatic rings. The summed E-state index contributed by atoms with van der Waals surface area (Å²) in [5.74, 6) is -1.73. The third kappa shape index (κ3) is 2.82. The maximum Gasteiger partial charge on any atom is 0.295 e. The van der Waals surface area contributed by atoms with Crippen molar-refractivity contribution in [3.8, 4) is 0 Å². The van der Waals surface area contributed by atoms with Crippen LogP contribution in [0.5, 0.6) is 0 Å². The van der Waals surface area contributed by atoms with Gasteiger partial charge in [-0.3, -0.25) is 14.1 Å². The van der Waals surface area contributed by atoms with Crippen LogP contribution in [0.4, 0.5) is 0 Å². The van der Waals surface area contributed by atoms with Crippen molar-refractivity contribution in [2.75, 3.05) is 0 Å². The third-order valence-corrected chi connectivity index (χ3v) is 3.09. The summed E-state index contributed by atoms with van der Waals surface area (Å²) in [6.07, 6.45) is 0.639. The average molecular weight is 277 g/mol. The second-order valence-corrected chi connectivity index (χ2v) is 4.61. The molecular weight excluding hydrogens is 271 g/mol. The third-order valence-electron chi connectivity index (χ3n) is 2.20. The van der Waals surface area contributed by atoms with Crippen LogP contribution in [0.25, 0.3) is 4.91 Å². The van der Waals surface area contributed by atoms with Crippen molar-refractivity contribution in [2.45, 2.75) is 0 Å². The van der Waals surface area contributed by atoms with Gasteiger partial charge in [0.15, 0.2) is 0 Å². The molecule has 1 radical (unpaired) electrons. The largest absolute Gasteiger partial charge is 0.295 e. The van der Waals surface area contributed by atoms with Crippen LogP contribution < -0.4 is 0 Å². The molecule has 17 heavy (non-hydrogen) atoms. The summed E-state index contributed by atoms with van der Waals surface area (Å²) in [5.41, 5.74) is 0.0391. The minimum atomic E-state index is -4.51. The first-order valence-electron chi connectivity index (χ1n) is 4.28. The van der Waals surface area contributed by atoms with Gasteiger partial charge in [-0.2, -0.15) is 8.42 Å². The minimum Gasteiger partial charge on any atom is -0.286 e. The summed E-state index contributed by atoms with van der Waals surface area (Å²) < 4.78 is 31.0. The number of carbonyl (C=O) groups is 2. The molecule has 0 spiro atoms. The zero-order valence-corrected chi connectivity index (χ0v) is 12.8. The molecule has 1 N–H and O–H groups in total. The fourth-order valence-electron chi connectivity index (χ4n) is 1.50. The molecule has 7 heteroatoms. The van der Waals surface area contributed by atoms with E-state index < -0.39 is 26.6 Å². The second-order valence-electron chi connectivity index (χ2n) is 3.22. The van der Waals surface area contributed by atoms with E-state index in [1.165, 1.54) is 24.3 Å². The topological polar surface area (TPSA) is 88.5 Å². The molecule has 1 aromatic carbocycles. The number of ketones is 2. The predicted molar refractivity (Wildman–Crippen MR) is 61.1 cm³/mol. The quantitative estimate of drug-likeness (QED) is 0.453. The van der Waals surface area contributed by atoms with Crippen LogP contribution in [0.1, 0.15) is 15.9 Å². The van der Waals surface area contributed by atoms with E-state index in [-0.39, 0.29) is 62.5 Å². The number of hydrogen-bond acceptors (Lipinski definition) is 4. The summed E-state index contributed by atoms with van der Waals surface area (Å²) in [6, 6.07) is 5.73. The molecule has 0 fully saturated rings. The van der Waals surface area contributed by atoms with Crippen LogP contribution in [0, 0.1) is 0 Å². The van der Waals surface area contributed by atoms with E-state index in [1.54, 1.807) is 0 Å². The minimum absolute atomic E-state index is 0. The van der Waals surface area contributed by atoms with E-state index in [0.717, 1.165) is 0 Å². The zero-order chi connectivity index (χ0) is 11.9.